The van der Waals surface area contributed by atoms with Gasteiger partial charge in [-0.1, -0.05) is 30.3 Å². The van der Waals surface area contributed by atoms with Crippen molar-refractivity contribution in [3.8, 4) is 0 Å². The van der Waals surface area contributed by atoms with E-state index in [2.05, 4.69) is 39.6 Å². The summed E-state index contributed by atoms with van der Waals surface area (Å²) in [4.78, 5) is 14.8. The van der Waals surface area contributed by atoms with E-state index in [0.29, 0.717) is 0 Å². The largest absolute Gasteiger partial charge is 0.323 e. The highest BCUT2D eigenvalue weighted by Crippen LogP contribution is 2.20. The molecule has 3 rings (SSSR count). The third kappa shape index (κ3) is 3.74. The highest BCUT2D eigenvalue weighted by atomic mass is 16.1. The number of benzene rings is 1. The molecule has 1 amide bonds. The van der Waals surface area contributed by atoms with Gasteiger partial charge < -0.3 is 5.32 Å². The van der Waals surface area contributed by atoms with Crippen LogP contribution in [0.4, 0.5) is 5.69 Å². The number of piperidine rings is 1. The third-order valence-corrected chi connectivity index (χ3v) is 4.10. The van der Waals surface area contributed by atoms with Crippen LogP contribution in [0.2, 0.25) is 0 Å². The minimum Gasteiger partial charge on any atom is -0.323 e. The van der Waals surface area contributed by atoms with Crippen molar-refractivity contribution in [3.05, 3.63) is 48.3 Å². The van der Waals surface area contributed by atoms with E-state index in [9.17, 15) is 4.79 Å². The quantitative estimate of drug-likeness (QED) is 0.942. The second-order valence-corrected chi connectivity index (χ2v) is 5.95. The zero-order chi connectivity index (χ0) is 15.4. The molecule has 0 radical (unpaired) electrons. The SMILES string of the molecule is Cn1cc(NC(=O)C2CCCN(Cc3ccccc3)C2)cn1. The predicted molar refractivity (Wildman–Crippen MR) is 86.3 cm³/mol. The summed E-state index contributed by atoms with van der Waals surface area (Å²) in [6.07, 6.45) is 5.53. The lowest BCUT2D eigenvalue weighted by Gasteiger charge is -2.31. The Balaban J connectivity index is 1.57. The molecule has 1 atom stereocenters. The van der Waals surface area contributed by atoms with Gasteiger partial charge >= 0.3 is 0 Å². The number of aryl methyl sites for hydroxylation is 1. The van der Waals surface area contributed by atoms with Gasteiger partial charge in [0.1, 0.15) is 0 Å². The predicted octanol–water partition coefficient (Wildman–Crippen LogP) is 2.27. The van der Waals surface area contributed by atoms with Crippen molar-refractivity contribution in [2.75, 3.05) is 18.4 Å². The molecule has 2 heterocycles. The Bertz CT molecular complexity index is 623. The number of anilines is 1. The Labute approximate surface area is 130 Å². The molecule has 0 spiro atoms. The Morgan fingerprint density at radius 2 is 2.18 bits per heavy atom. The first-order valence-electron chi connectivity index (χ1n) is 7.76. The molecule has 1 aromatic carbocycles. The molecule has 1 fully saturated rings. The Kier molecular flexibility index (Phi) is 4.53. The fourth-order valence-corrected chi connectivity index (χ4v) is 2.98. The molecule has 22 heavy (non-hydrogen) atoms. The summed E-state index contributed by atoms with van der Waals surface area (Å²) >= 11 is 0. The molecule has 0 bridgehead atoms. The number of hydrogen-bond acceptors (Lipinski definition) is 3. The second kappa shape index (κ2) is 6.75. The van der Waals surface area contributed by atoms with E-state index < -0.39 is 0 Å². The van der Waals surface area contributed by atoms with Crippen molar-refractivity contribution < 1.29 is 4.79 Å². The van der Waals surface area contributed by atoms with Gasteiger partial charge in [-0.2, -0.15) is 5.10 Å². The topological polar surface area (TPSA) is 50.2 Å². The molecule has 5 nitrogen and oxygen atoms in total. The minimum absolute atomic E-state index is 0.0534. The van der Waals surface area contributed by atoms with Crippen molar-refractivity contribution in [3.63, 3.8) is 0 Å². The van der Waals surface area contributed by atoms with Crippen LogP contribution in [0, 0.1) is 5.92 Å². The maximum Gasteiger partial charge on any atom is 0.228 e. The van der Waals surface area contributed by atoms with Crippen LogP contribution in [0.5, 0.6) is 0 Å². The monoisotopic (exact) mass is 298 g/mol. The fraction of sp³-hybridized carbons (Fsp3) is 0.412. The van der Waals surface area contributed by atoms with Gasteiger partial charge in [0.15, 0.2) is 0 Å². The lowest BCUT2D eigenvalue weighted by Crippen LogP contribution is -2.40. The Morgan fingerprint density at radius 1 is 1.36 bits per heavy atom. The molecule has 1 saturated heterocycles. The zero-order valence-electron chi connectivity index (χ0n) is 12.9. The maximum absolute atomic E-state index is 12.4. The van der Waals surface area contributed by atoms with Gasteiger partial charge in [-0.15, -0.1) is 0 Å². The van der Waals surface area contributed by atoms with E-state index in [0.717, 1.165) is 38.2 Å². The van der Waals surface area contributed by atoms with Crippen LogP contribution in [0.1, 0.15) is 18.4 Å². The number of likely N-dealkylation sites (tertiary alicyclic amines) is 1. The highest BCUT2D eigenvalue weighted by molar-refractivity contribution is 5.92. The summed E-state index contributed by atoms with van der Waals surface area (Å²) in [6.45, 7) is 2.80. The molecule has 0 saturated carbocycles. The lowest BCUT2D eigenvalue weighted by molar-refractivity contribution is -0.121. The fourth-order valence-electron chi connectivity index (χ4n) is 2.98. The van der Waals surface area contributed by atoms with Crippen LogP contribution in [0.25, 0.3) is 0 Å². The average Bonchev–Trinajstić information content (AvgIpc) is 2.93. The summed E-state index contributed by atoms with van der Waals surface area (Å²) in [5.41, 5.74) is 2.07. The van der Waals surface area contributed by atoms with E-state index in [1.165, 1.54) is 5.56 Å². The molecular formula is C17H22N4O. The number of carbonyl (C=O) groups excluding carboxylic acids is 1. The molecular weight excluding hydrogens is 276 g/mol. The third-order valence-electron chi connectivity index (χ3n) is 4.10. The van der Waals surface area contributed by atoms with E-state index in [-0.39, 0.29) is 11.8 Å². The van der Waals surface area contributed by atoms with Crippen molar-refractivity contribution in [1.82, 2.24) is 14.7 Å². The van der Waals surface area contributed by atoms with Crippen LogP contribution in [0.15, 0.2) is 42.7 Å². The van der Waals surface area contributed by atoms with Gasteiger partial charge in [0.25, 0.3) is 0 Å². The normalized spacial score (nSPS) is 19.0. The first-order chi connectivity index (χ1) is 10.7. The van der Waals surface area contributed by atoms with Crippen LogP contribution in [-0.4, -0.2) is 33.7 Å². The molecule has 1 N–H and O–H groups in total. The van der Waals surface area contributed by atoms with Crippen LogP contribution >= 0.6 is 0 Å². The molecule has 2 aromatic rings. The number of amides is 1. The van der Waals surface area contributed by atoms with Crippen molar-refractivity contribution >= 4 is 11.6 Å². The lowest BCUT2D eigenvalue weighted by atomic mass is 9.96. The molecule has 1 unspecified atom stereocenters. The van der Waals surface area contributed by atoms with Crippen molar-refractivity contribution in [1.29, 1.82) is 0 Å². The van der Waals surface area contributed by atoms with Gasteiger partial charge in [0.05, 0.1) is 17.8 Å². The summed E-state index contributed by atoms with van der Waals surface area (Å²) in [5, 5.41) is 7.05. The first-order valence-corrected chi connectivity index (χ1v) is 7.76. The number of aromatic nitrogens is 2. The average molecular weight is 298 g/mol. The van der Waals surface area contributed by atoms with Gasteiger partial charge in [0, 0.05) is 26.3 Å². The van der Waals surface area contributed by atoms with Crippen LogP contribution in [0.3, 0.4) is 0 Å². The van der Waals surface area contributed by atoms with Crippen molar-refractivity contribution in [2.45, 2.75) is 19.4 Å². The number of nitrogens with one attached hydrogen (secondary N) is 1. The summed E-state index contributed by atoms with van der Waals surface area (Å²) < 4.78 is 1.69. The van der Waals surface area contributed by atoms with E-state index in [1.807, 2.05) is 19.3 Å². The van der Waals surface area contributed by atoms with E-state index in [4.69, 9.17) is 0 Å². The number of hydrogen-bond donors (Lipinski definition) is 1. The Hall–Kier alpha value is -2.14. The summed E-state index contributed by atoms with van der Waals surface area (Å²) in [7, 11) is 1.85. The molecule has 116 valence electrons. The van der Waals surface area contributed by atoms with Gasteiger partial charge in [-0.3, -0.25) is 14.4 Å². The first kappa shape index (κ1) is 14.8. The van der Waals surface area contributed by atoms with Crippen LogP contribution in [-0.2, 0) is 18.4 Å². The second-order valence-electron chi connectivity index (χ2n) is 5.95. The molecule has 1 aromatic heterocycles. The van der Waals surface area contributed by atoms with Crippen molar-refractivity contribution in [2.24, 2.45) is 13.0 Å². The zero-order valence-corrected chi connectivity index (χ0v) is 12.9. The van der Waals surface area contributed by atoms with Gasteiger partial charge in [-0.05, 0) is 24.9 Å². The van der Waals surface area contributed by atoms with Crippen LogP contribution < -0.4 is 5.32 Å². The molecule has 0 aliphatic carbocycles. The maximum atomic E-state index is 12.4. The highest BCUT2D eigenvalue weighted by Gasteiger charge is 2.26. The van der Waals surface area contributed by atoms with E-state index in [1.54, 1.807) is 10.9 Å². The minimum atomic E-state index is 0.0534. The molecule has 1 aliphatic rings. The molecule has 5 heteroatoms. The van der Waals surface area contributed by atoms with Gasteiger partial charge in [0.2, 0.25) is 5.91 Å². The number of carbonyl (C=O) groups is 1. The summed E-state index contributed by atoms with van der Waals surface area (Å²) in [6, 6.07) is 10.4. The summed E-state index contributed by atoms with van der Waals surface area (Å²) in [5.74, 6) is 0.156. The van der Waals surface area contributed by atoms with E-state index >= 15 is 0 Å². The molecule has 1 aliphatic heterocycles. The Morgan fingerprint density at radius 3 is 2.91 bits per heavy atom. The van der Waals surface area contributed by atoms with Gasteiger partial charge in [-0.25, -0.2) is 0 Å². The number of rotatable bonds is 4. The standard InChI is InChI=1S/C17H22N4O/c1-20-13-16(10-18-20)19-17(22)15-8-5-9-21(12-15)11-14-6-3-2-4-7-14/h2-4,6-7,10,13,15H,5,8-9,11-12H2,1H3,(H,19,22). The number of nitrogens with zero attached hydrogens (tertiary/aromatic N) is 3. The smallest absolute Gasteiger partial charge is 0.228 e.